The fraction of sp³-hybridized carbons (Fsp3) is 0.154. The van der Waals surface area contributed by atoms with Crippen molar-refractivity contribution in [3.8, 4) is 6.07 Å². The van der Waals surface area contributed by atoms with Crippen LogP contribution >= 0.6 is 11.3 Å². The van der Waals surface area contributed by atoms with Crippen LogP contribution in [0.15, 0.2) is 41.8 Å². The molecule has 0 N–H and O–H groups in total. The highest BCUT2D eigenvalue weighted by atomic mass is 32.1. The lowest BCUT2D eigenvalue weighted by Crippen LogP contribution is -1.99. The first-order valence-corrected chi connectivity index (χ1v) is 5.85. The van der Waals surface area contributed by atoms with Crippen molar-refractivity contribution in [2.75, 3.05) is 0 Å². The number of benzene rings is 1. The van der Waals surface area contributed by atoms with Gasteiger partial charge in [-0.1, -0.05) is 18.2 Å². The molecule has 0 amide bonds. The highest BCUT2D eigenvalue weighted by Gasteiger charge is 2.11. The second kappa shape index (κ2) is 4.91. The van der Waals surface area contributed by atoms with Crippen LogP contribution in [0.1, 0.15) is 16.4 Å². The Morgan fingerprint density at radius 2 is 2.00 bits per heavy atom. The first-order chi connectivity index (χ1) is 7.79. The maximum Gasteiger partial charge on any atom is 0.123 e. The number of hydrogen-bond acceptors (Lipinski definition) is 2. The zero-order valence-electron chi connectivity index (χ0n) is 8.56. The lowest BCUT2D eigenvalue weighted by molar-refractivity contribution is 0.626. The molecule has 0 aliphatic rings. The van der Waals surface area contributed by atoms with Gasteiger partial charge in [0.2, 0.25) is 0 Å². The van der Waals surface area contributed by atoms with Gasteiger partial charge in [-0.05, 0) is 29.1 Å². The summed E-state index contributed by atoms with van der Waals surface area (Å²) in [4.78, 5) is 1.18. The van der Waals surface area contributed by atoms with Gasteiger partial charge in [-0.2, -0.15) is 5.26 Å². The monoisotopic (exact) mass is 231 g/mol. The van der Waals surface area contributed by atoms with Crippen molar-refractivity contribution in [2.24, 2.45) is 0 Å². The Morgan fingerprint density at radius 3 is 2.56 bits per heavy atom. The van der Waals surface area contributed by atoms with Crippen LogP contribution in [0.25, 0.3) is 0 Å². The van der Waals surface area contributed by atoms with Gasteiger partial charge in [0.15, 0.2) is 0 Å². The minimum atomic E-state index is -0.267. The lowest BCUT2D eigenvalue weighted by Gasteiger charge is -2.07. The summed E-state index contributed by atoms with van der Waals surface area (Å²) < 4.78 is 12.8. The zero-order valence-corrected chi connectivity index (χ0v) is 9.38. The molecule has 3 heteroatoms. The summed E-state index contributed by atoms with van der Waals surface area (Å²) in [6.45, 7) is 0. The van der Waals surface area contributed by atoms with Crippen molar-refractivity contribution < 1.29 is 4.39 Å². The Hall–Kier alpha value is -1.66. The number of halogens is 1. The molecule has 1 nitrogen and oxygen atoms in total. The number of hydrogen-bond donors (Lipinski definition) is 0. The van der Waals surface area contributed by atoms with Crippen LogP contribution in [0.3, 0.4) is 0 Å². The number of thiophene rings is 1. The van der Waals surface area contributed by atoms with Crippen molar-refractivity contribution >= 4 is 11.3 Å². The molecule has 0 saturated heterocycles. The van der Waals surface area contributed by atoms with E-state index < -0.39 is 0 Å². The molecule has 1 aromatic carbocycles. The maximum atomic E-state index is 12.8. The van der Waals surface area contributed by atoms with E-state index in [-0.39, 0.29) is 11.7 Å². The minimum Gasteiger partial charge on any atom is -0.207 e. The molecule has 16 heavy (non-hydrogen) atoms. The predicted octanol–water partition coefficient (Wildman–Crippen LogP) is 3.74. The fourth-order valence-corrected chi connectivity index (χ4v) is 2.31. The first-order valence-electron chi connectivity index (χ1n) is 4.97. The molecule has 0 aliphatic heterocycles. The Bertz CT molecular complexity index is 482. The molecule has 1 heterocycles. The van der Waals surface area contributed by atoms with Crippen molar-refractivity contribution in [1.82, 2.24) is 0 Å². The standard InChI is InChI=1S/C13H10FNS/c14-12-5-3-10(4-6-12)11(9-15)8-13-2-1-7-16-13/h1-7,11H,8H2. The Balaban J connectivity index is 2.17. The quantitative estimate of drug-likeness (QED) is 0.789. The van der Waals surface area contributed by atoms with Crippen LogP contribution in [-0.2, 0) is 6.42 Å². The van der Waals surface area contributed by atoms with Crippen molar-refractivity contribution in [3.63, 3.8) is 0 Å². The van der Waals surface area contributed by atoms with E-state index in [9.17, 15) is 4.39 Å². The molecule has 0 saturated carbocycles. The maximum absolute atomic E-state index is 12.8. The molecule has 0 radical (unpaired) electrons. The van der Waals surface area contributed by atoms with Gasteiger partial charge in [-0.15, -0.1) is 11.3 Å². The Kier molecular flexibility index (Phi) is 3.33. The van der Waals surface area contributed by atoms with Gasteiger partial charge in [-0.3, -0.25) is 0 Å². The van der Waals surface area contributed by atoms with Crippen molar-refractivity contribution in [2.45, 2.75) is 12.3 Å². The van der Waals surface area contributed by atoms with Crippen LogP contribution in [-0.4, -0.2) is 0 Å². The van der Waals surface area contributed by atoms with Crippen LogP contribution in [0, 0.1) is 17.1 Å². The zero-order chi connectivity index (χ0) is 11.4. The van der Waals surface area contributed by atoms with E-state index in [4.69, 9.17) is 5.26 Å². The van der Waals surface area contributed by atoms with Gasteiger partial charge >= 0.3 is 0 Å². The molecular formula is C13H10FNS. The summed E-state index contributed by atoms with van der Waals surface area (Å²) in [6.07, 6.45) is 0.694. The molecule has 0 bridgehead atoms. The van der Waals surface area contributed by atoms with E-state index in [1.807, 2.05) is 17.5 Å². The summed E-state index contributed by atoms with van der Waals surface area (Å²) >= 11 is 1.64. The van der Waals surface area contributed by atoms with Crippen LogP contribution in [0.4, 0.5) is 4.39 Å². The summed E-state index contributed by atoms with van der Waals surface area (Å²) in [5, 5.41) is 11.1. The second-order valence-corrected chi connectivity index (χ2v) is 4.55. The Morgan fingerprint density at radius 1 is 1.25 bits per heavy atom. The average molecular weight is 231 g/mol. The van der Waals surface area contributed by atoms with Gasteiger partial charge < -0.3 is 0 Å². The number of rotatable bonds is 3. The molecule has 0 aliphatic carbocycles. The van der Waals surface area contributed by atoms with E-state index in [0.29, 0.717) is 6.42 Å². The molecule has 0 fully saturated rings. The topological polar surface area (TPSA) is 23.8 Å². The third kappa shape index (κ3) is 2.47. The molecule has 1 atom stereocenters. The second-order valence-electron chi connectivity index (χ2n) is 3.52. The third-order valence-corrected chi connectivity index (χ3v) is 3.31. The molecule has 1 unspecified atom stereocenters. The van der Waals surface area contributed by atoms with Gasteiger partial charge in [0.1, 0.15) is 5.82 Å². The molecule has 1 aromatic heterocycles. The van der Waals surface area contributed by atoms with E-state index in [1.54, 1.807) is 23.5 Å². The van der Waals surface area contributed by atoms with Gasteiger partial charge in [0.05, 0.1) is 12.0 Å². The van der Waals surface area contributed by atoms with Crippen LogP contribution in [0.5, 0.6) is 0 Å². The number of nitriles is 1. The van der Waals surface area contributed by atoms with Gasteiger partial charge in [0.25, 0.3) is 0 Å². The Labute approximate surface area is 97.8 Å². The number of nitrogens with zero attached hydrogens (tertiary/aromatic N) is 1. The first kappa shape index (κ1) is 10.8. The molecule has 2 aromatic rings. The van der Waals surface area contributed by atoms with Crippen molar-refractivity contribution in [1.29, 1.82) is 5.26 Å². The summed E-state index contributed by atoms with van der Waals surface area (Å²) in [6, 6.07) is 12.4. The molecule has 2 rings (SSSR count). The van der Waals surface area contributed by atoms with Crippen LogP contribution in [0.2, 0.25) is 0 Å². The normalized spacial score (nSPS) is 12.0. The van der Waals surface area contributed by atoms with Crippen molar-refractivity contribution in [3.05, 3.63) is 58.0 Å². The predicted molar refractivity (Wildman–Crippen MR) is 62.8 cm³/mol. The van der Waals surface area contributed by atoms with Gasteiger partial charge in [-0.25, -0.2) is 4.39 Å². The lowest BCUT2D eigenvalue weighted by atomic mass is 9.96. The van der Waals surface area contributed by atoms with E-state index in [0.717, 1.165) is 5.56 Å². The largest absolute Gasteiger partial charge is 0.207 e. The summed E-state index contributed by atoms with van der Waals surface area (Å²) in [5.74, 6) is -0.462. The van der Waals surface area contributed by atoms with E-state index >= 15 is 0 Å². The highest BCUT2D eigenvalue weighted by molar-refractivity contribution is 7.09. The van der Waals surface area contributed by atoms with E-state index in [1.165, 1.54) is 17.0 Å². The minimum absolute atomic E-state index is 0.195. The molecular weight excluding hydrogens is 221 g/mol. The van der Waals surface area contributed by atoms with Gasteiger partial charge in [0, 0.05) is 11.3 Å². The molecule has 80 valence electrons. The molecule has 0 spiro atoms. The average Bonchev–Trinajstić information content (AvgIpc) is 2.80. The third-order valence-electron chi connectivity index (χ3n) is 2.41. The summed E-state index contributed by atoms with van der Waals surface area (Å²) in [7, 11) is 0. The smallest absolute Gasteiger partial charge is 0.123 e. The SMILES string of the molecule is N#CC(Cc1cccs1)c1ccc(F)cc1. The highest BCUT2D eigenvalue weighted by Crippen LogP contribution is 2.22. The summed E-state index contributed by atoms with van der Waals surface area (Å²) in [5.41, 5.74) is 0.873. The van der Waals surface area contributed by atoms with E-state index in [2.05, 4.69) is 6.07 Å². The van der Waals surface area contributed by atoms with Crippen LogP contribution < -0.4 is 0 Å². The fourth-order valence-electron chi connectivity index (χ4n) is 1.56.